The van der Waals surface area contributed by atoms with Crippen LogP contribution in [0.5, 0.6) is 0 Å². The van der Waals surface area contributed by atoms with Crippen LogP contribution in [0.4, 0.5) is 0 Å². The van der Waals surface area contributed by atoms with Gasteiger partial charge in [0.2, 0.25) is 0 Å². The van der Waals surface area contributed by atoms with Crippen LogP contribution >= 0.6 is 0 Å². The van der Waals surface area contributed by atoms with Crippen LogP contribution in [-0.2, 0) is 12.1 Å². The Morgan fingerprint density at radius 2 is 2.17 bits per heavy atom. The molecule has 1 fully saturated rings. The fraction of sp³-hybridized carbons (Fsp3) is 0.353. The number of aryl methyl sites for hydroxylation is 1. The second-order valence-electron chi connectivity index (χ2n) is 6.39. The Balaban J connectivity index is 1.44. The number of H-pyrrole nitrogens is 1. The molecule has 1 aliphatic rings. The number of aliphatic hydroxyl groups is 1. The van der Waals surface area contributed by atoms with Gasteiger partial charge in [-0.1, -0.05) is 35.0 Å². The van der Waals surface area contributed by atoms with Crippen molar-refractivity contribution in [3.8, 4) is 11.3 Å². The van der Waals surface area contributed by atoms with Gasteiger partial charge < -0.3 is 9.63 Å². The van der Waals surface area contributed by atoms with E-state index in [4.69, 9.17) is 4.52 Å². The average Bonchev–Trinajstić information content (AvgIpc) is 3.30. The summed E-state index contributed by atoms with van der Waals surface area (Å²) in [7, 11) is 0. The van der Waals surface area contributed by atoms with Crippen molar-refractivity contribution in [3.05, 3.63) is 53.5 Å². The Morgan fingerprint density at radius 3 is 2.92 bits per heavy atom. The molecule has 3 aromatic rings. The fourth-order valence-corrected chi connectivity index (χ4v) is 3.11. The predicted molar refractivity (Wildman–Crippen MR) is 86.8 cm³/mol. The molecule has 24 heavy (non-hydrogen) atoms. The predicted octanol–water partition coefficient (Wildman–Crippen LogP) is 1.86. The Bertz CT molecular complexity index is 812. The van der Waals surface area contributed by atoms with Crippen LogP contribution in [0.2, 0.25) is 0 Å². The van der Waals surface area contributed by atoms with Gasteiger partial charge in [-0.2, -0.15) is 15.4 Å². The molecule has 2 aromatic heterocycles. The highest BCUT2D eigenvalue weighted by Gasteiger charge is 2.39. The number of aromatic nitrogens is 4. The van der Waals surface area contributed by atoms with E-state index < -0.39 is 5.60 Å². The van der Waals surface area contributed by atoms with Gasteiger partial charge in [-0.3, -0.25) is 4.90 Å². The molecule has 1 atom stereocenters. The lowest BCUT2D eigenvalue weighted by Crippen LogP contribution is -2.30. The van der Waals surface area contributed by atoms with Gasteiger partial charge in [-0.15, -0.1) is 0 Å². The Morgan fingerprint density at radius 1 is 1.33 bits per heavy atom. The van der Waals surface area contributed by atoms with Crippen molar-refractivity contribution in [3.63, 3.8) is 0 Å². The Kier molecular flexibility index (Phi) is 3.66. The highest BCUT2D eigenvalue weighted by atomic mass is 16.5. The summed E-state index contributed by atoms with van der Waals surface area (Å²) < 4.78 is 5.46. The van der Waals surface area contributed by atoms with E-state index in [0.717, 1.165) is 23.6 Å². The number of likely N-dealkylation sites (tertiary alicyclic amines) is 1. The van der Waals surface area contributed by atoms with E-state index in [-0.39, 0.29) is 0 Å². The zero-order valence-electron chi connectivity index (χ0n) is 13.4. The molecule has 0 radical (unpaired) electrons. The average molecular weight is 325 g/mol. The molecular weight excluding hydrogens is 306 g/mol. The number of hydrogen-bond donors (Lipinski definition) is 2. The van der Waals surface area contributed by atoms with Crippen LogP contribution in [0, 0.1) is 6.92 Å². The SMILES string of the molecule is Cc1ccc(-c2cc(CN3CC[C@@](O)(c4cn[nH]n4)C3)on2)cc1. The molecule has 1 aliphatic heterocycles. The molecule has 2 N–H and O–H groups in total. The number of rotatable bonds is 4. The van der Waals surface area contributed by atoms with Crippen LogP contribution in [0.3, 0.4) is 0 Å². The van der Waals surface area contributed by atoms with Crippen molar-refractivity contribution in [1.29, 1.82) is 0 Å². The van der Waals surface area contributed by atoms with Crippen molar-refractivity contribution < 1.29 is 9.63 Å². The first-order valence-electron chi connectivity index (χ1n) is 7.96. The molecule has 1 saturated heterocycles. The van der Waals surface area contributed by atoms with Gasteiger partial charge in [0.25, 0.3) is 0 Å². The van der Waals surface area contributed by atoms with Gasteiger partial charge in [-0.25, -0.2) is 0 Å². The first kappa shape index (κ1) is 15.0. The molecule has 4 rings (SSSR count). The minimum absolute atomic E-state index is 0.500. The summed E-state index contributed by atoms with van der Waals surface area (Å²) in [4.78, 5) is 2.13. The topological polar surface area (TPSA) is 91.1 Å². The molecule has 0 amide bonds. The molecular formula is C17H19N5O2. The van der Waals surface area contributed by atoms with E-state index >= 15 is 0 Å². The highest BCUT2D eigenvalue weighted by Crippen LogP contribution is 2.31. The van der Waals surface area contributed by atoms with Crippen LogP contribution in [0.1, 0.15) is 23.4 Å². The van der Waals surface area contributed by atoms with Crippen LogP contribution in [0.15, 0.2) is 41.1 Å². The van der Waals surface area contributed by atoms with Crippen molar-refractivity contribution >= 4 is 0 Å². The summed E-state index contributed by atoms with van der Waals surface area (Å²) in [6.07, 6.45) is 2.20. The smallest absolute Gasteiger partial charge is 0.151 e. The van der Waals surface area contributed by atoms with Crippen LogP contribution in [0.25, 0.3) is 11.3 Å². The van der Waals surface area contributed by atoms with Gasteiger partial charge in [0, 0.05) is 24.7 Å². The van der Waals surface area contributed by atoms with Crippen molar-refractivity contribution in [2.24, 2.45) is 0 Å². The first-order chi connectivity index (χ1) is 11.6. The molecule has 0 bridgehead atoms. The molecule has 124 valence electrons. The monoisotopic (exact) mass is 325 g/mol. The quantitative estimate of drug-likeness (QED) is 0.761. The third kappa shape index (κ3) is 2.83. The summed E-state index contributed by atoms with van der Waals surface area (Å²) in [5.74, 6) is 0.787. The summed E-state index contributed by atoms with van der Waals surface area (Å²) in [6, 6.07) is 10.1. The maximum atomic E-state index is 10.7. The van der Waals surface area contributed by atoms with E-state index in [0.29, 0.717) is 25.2 Å². The number of aromatic amines is 1. The van der Waals surface area contributed by atoms with E-state index in [9.17, 15) is 5.11 Å². The summed E-state index contributed by atoms with van der Waals surface area (Å²) >= 11 is 0. The van der Waals surface area contributed by atoms with Gasteiger partial charge in [-0.05, 0) is 13.3 Å². The van der Waals surface area contributed by atoms with Crippen molar-refractivity contribution in [1.82, 2.24) is 25.5 Å². The largest absolute Gasteiger partial charge is 0.382 e. The molecule has 0 aliphatic carbocycles. The van der Waals surface area contributed by atoms with Crippen molar-refractivity contribution in [2.75, 3.05) is 13.1 Å². The van der Waals surface area contributed by atoms with Gasteiger partial charge >= 0.3 is 0 Å². The molecule has 7 heteroatoms. The second-order valence-corrected chi connectivity index (χ2v) is 6.39. The maximum absolute atomic E-state index is 10.7. The van der Waals surface area contributed by atoms with Gasteiger partial charge in [0.05, 0.1) is 12.7 Å². The molecule has 7 nitrogen and oxygen atoms in total. The summed E-state index contributed by atoms with van der Waals surface area (Å²) in [5, 5.41) is 25.2. The molecule has 1 aromatic carbocycles. The zero-order chi connectivity index (χ0) is 16.6. The lowest BCUT2D eigenvalue weighted by atomic mass is 10.0. The standard InChI is InChI=1S/C17H19N5O2/c1-12-2-4-13(5-3-12)15-8-14(24-20-15)10-22-7-6-17(23,11-22)16-9-18-21-19-16/h2-5,8-9,23H,6-7,10-11H2,1H3,(H,18,19,21)/t17-/m0/s1. The van der Waals surface area contributed by atoms with Gasteiger partial charge in [0.1, 0.15) is 17.0 Å². The number of β-amino-alcohol motifs (C(OH)–C–C–N with tert-alkyl or cyclic N) is 1. The number of nitrogens with one attached hydrogen (secondary N) is 1. The third-order valence-corrected chi connectivity index (χ3v) is 4.50. The normalized spacial score (nSPS) is 21.4. The second kappa shape index (κ2) is 5.85. The number of nitrogens with zero attached hydrogens (tertiary/aromatic N) is 4. The van der Waals surface area contributed by atoms with E-state index in [2.05, 4.69) is 44.5 Å². The van der Waals surface area contributed by atoms with Crippen LogP contribution in [-0.4, -0.2) is 43.7 Å². The molecule has 0 saturated carbocycles. The Hall–Kier alpha value is -2.51. The molecule has 3 heterocycles. The maximum Gasteiger partial charge on any atom is 0.151 e. The van der Waals surface area contributed by atoms with Crippen molar-refractivity contribution in [2.45, 2.75) is 25.5 Å². The summed E-state index contributed by atoms with van der Waals surface area (Å²) in [6.45, 7) is 3.93. The Labute approximate surface area is 139 Å². The fourth-order valence-electron chi connectivity index (χ4n) is 3.11. The minimum Gasteiger partial charge on any atom is -0.382 e. The zero-order valence-corrected chi connectivity index (χ0v) is 13.4. The number of hydrogen-bond acceptors (Lipinski definition) is 6. The van der Waals surface area contributed by atoms with E-state index in [1.54, 1.807) is 6.20 Å². The summed E-state index contributed by atoms with van der Waals surface area (Å²) in [5.41, 5.74) is 2.72. The number of benzene rings is 1. The molecule has 0 spiro atoms. The highest BCUT2D eigenvalue weighted by molar-refractivity contribution is 5.59. The van der Waals surface area contributed by atoms with Gasteiger partial charge in [0.15, 0.2) is 5.76 Å². The molecule has 0 unspecified atom stereocenters. The van der Waals surface area contributed by atoms with E-state index in [1.165, 1.54) is 5.56 Å². The third-order valence-electron chi connectivity index (χ3n) is 4.50. The lowest BCUT2D eigenvalue weighted by molar-refractivity contribution is 0.0400. The first-order valence-corrected chi connectivity index (χ1v) is 7.96. The minimum atomic E-state index is -0.952. The lowest BCUT2D eigenvalue weighted by Gasteiger charge is -2.20. The van der Waals surface area contributed by atoms with E-state index in [1.807, 2.05) is 18.2 Å². The van der Waals surface area contributed by atoms with Crippen LogP contribution < -0.4 is 0 Å².